The van der Waals surface area contributed by atoms with Crippen molar-refractivity contribution in [1.82, 2.24) is 0 Å². The predicted molar refractivity (Wildman–Crippen MR) is 68.8 cm³/mol. The number of carbonyl (C=O) groups is 2. The molecule has 0 spiro atoms. The Hall–Kier alpha value is -1.98. The Morgan fingerprint density at radius 1 is 0.737 bits per heavy atom. The molecule has 0 saturated carbocycles. The van der Waals surface area contributed by atoms with Crippen molar-refractivity contribution in [1.29, 1.82) is 0 Å². The minimum atomic E-state index is -0.704. The molecule has 0 atom stereocenters. The lowest BCUT2D eigenvalue weighted by atomic mass is 10.2. The van der Waals surface area contributed by atoms with Crippen LogP contribution in [0.3, 0.4) is 0 Å². The Balaban J connectivity index is 3.26. The first-order valence-corrected chi connectivity index (χ1v) is 6.01. The van der Waals surface area contributed by atoms with E-state index in [4.69, 9.17) is 9.47 Å². The van der Waals surface area contributed by atoms with Crippen molar-refractivity contribution in [3.05, 3.63) is 25.3 Å². The molecule has 0 aromatic rings. The second-order valence-electron chi connectivity index (χ2n) is 3.46. The van der Waals surface area contributed by atoms with Crippen LogP contribution in [0.5, 0.6) is 0 Å². The Bertz CT molecular complexity index is 259. The molecule has 19 heavy (non-hydrogen) atoms. The third-order valence-electron chi connectivity index (χ3n) is 1.87. The molecule has 0 aliphatic rings. The SMILES string of the molecule is C=CCOC(=O)OCCCCCOC(=O)OCC=C. The monoisotopic (exact) mass is 272 g/mol. The summed E-state index contributed by atoms with van der Waals surface area (Å²) in [5.74, 6) is 0. The van der Waals surface area contributed by atoms with E-state index in [2.05, 4.69) is 22.6 Å². The summed E-state index contributed by atoms with van der Waals surface area (Å²) in [6.45, 7) is 7.64. The Kier molecular flexibility index (Phi) is 11.2. The van der Waals surface area contributed by atoms with Gasteiger partial charge in [-0.15, -0.1) is 0 Å². The maximum Gasteiger partial charge on any atom is 0.508 e. The van der Waals surface area contributed by atoms with E-state index in [0.717, 1.165) is 6.42 Å². The molecule has 0 saturated heterocycles. The fraction of sp³-hybridized carbons (Fsp3) is 0.538. The highest BCUT2D eigenvalue weighted by atomic mass is 16.7. The summed E-state index contributed by atoms with van der Waals surface area (Å²) in [5.41, 5.74) is 0. The van der Waals surface area contributed by atoms with Gasteiger partial charge in [0.2, 0.25) is 0 Å². The van der Waals surface area contributed by atoms with Crippen LogP contribution in [0.1, 0.15) is 19.3 Å². The average molecular weight is 272 g/mol. The molecule has 0 rings (SSSR count). The highest BCUT2D eigenvalue weighted by molar-refractivity contribution is 5.60. The number of unbranched alkanes of at least 4 members (excludes halogenated alkanes) is 2. The highest BCUT2D eigenvalue weighted by Gasteiger charge is 2.03. The number of hydrogen-bond donors (Lipinski definition) is 0. The van der Waals surface area contributed by atoms with Crippen LogP contribution in [-0.4, -0.2) is 38.7 Å². The fourth-order valence-electron chi connectivity index (χ4n) is 1.03. The van der Waals surface area contributed by atoms with E-state index >= 15 is 0 Å². The van der Waals surface area contributed by atoms with Gasteiger partial charge in [-0.05, 0) is 19.3 Å². The first-order chi connectivity index (χ1) is 9.20. The summed E-state index contributed by atoms with van der Waals surface area (Å²) in [6, 6.07) is 0. The molecule has 0 aromatic carbocycles. The molecule has 108 valence electrons. The van der Waals surface area contributed by atoms with Gasteiger partial charge in [-0.2, -0.15) is 0 Å². The van der Waals surface area contributed by atoms with E-state index in [1.165, 1.54) is 12.2 Å². The van der Waals surface area contributed by atoms with Crippen molar-refractivity contribution in [3.63, 3.8) is 0 Å². The molecule has 0 radical (unpaired) electrons. The van der Waals surface area contributed by atoms with Gasteiger partial charge < -0.3 is 18.9 Å². The standard InChI is InChI=1S/C13H20O6/c1-3-8-16-12(14)18-10-6-5-7-11-19-13(15)17-9-4-2/h3-4H,1-2,5-11H2. The molecule has 6 nitrogen and oxygen atoms in total. The Morgan fingerprint density at radius 2 is 1.16 bits per heavy atom. The molecular formula is C13H20O6. The first-order valence-electron chi connectivity index (χ1n) is 6.01. The summed E-state index contributed by atoms with van der Waals surface area (Å²) < 4.78 is 18.8. The van der Waals surface area contributed by atoms with Crippen molar-refractivity contribution in [2.45, 2.75) is 19.3 Å². The van der Waals surface area contributed by atoms with Crippen molar-refractivity contribution < 1.29 is 28.5 Å². The molecule has 0 heterocycles. The first kappa shape index (κ1) is 17.0. The summed E-state index contributed by atoms with van der Waals surface area (Å²) in [4.78, 5) is 21.8. The van der Waals surface area contributed by atoms with E-state index in [9.17, 15) is 9.59 Å². The predicted octanol–water partition coefficient (Wildman–Crippen LogP) is 2.84. The Morgan fingerprint density at radius 3 is 1.53 bits per heavy atom. The summed E-state index contributed by atoms with van der Waals surface area (Å²) in [7, 11) is 0. The molecule has 0 N–H and O–H groups in total. The third-order valence-corrected chi connectivity index (χ3v) is 1.87. The molecule has 0 aliphatic carbocycles. The molecule has 0 amide bonds. The topological polar surface area (TPSA) is 71.1 Å². The summed E-state index contributed by atoms with van der Waals surface area (Å²) in [5, 5.41) is 0. The van der Waals surface area contributed by atoms with E-state index in [1.807, 2.05) is 0 Å². The third kappa shape index (κ3) is 12.3. The summed E-state index contributed by atoms with van der Waals surface area (Å²) in [6.07, 6.45) is 3.63. The van der Waals surface area contributed by atoms with Crippen LogP contribution in [0.2, 0.25) is 0 Å². The minimum Gasteiger partial charge on any atom is -0.434 e. The smallest absolute Gasteiger partial charge is 0.434 e. The van der Waals surface area contributed by atoms with Gasteiger partial charge in [0.05, 0.1) is 13.2 Å². The largest absolute Gasteiger partial charge is 0.508 e. The van der Waals surface area contributed by atoms with Gasteiger partial charge in [-0.1, -0.05) is 25.3 Å². The normalized spacial score (nSPS) is 9.26. The van der Waals surface area contributed by atoms with Gasteiger partial charge in [0.1, 0.15) is 13.2 Å². The van der Waals surface area contributed by atoms with Gasteiger partial charge in [0.25, 0.3) is 0 Å². The van der Waals surface area contributed by atoms with Crippen molar-refractivity contribution >= 4 is 12.3 Å². The van der Waals surface area contributed by atoms with Crippen LogP contribution in [0, 0.1) is 0 Å². The van der Waals surface area contributed by atoms with E-state index < -0.39 is 12.3 Å². The van der Waals surface area contributed by atoms with E-state index in [0.29, 0.717) is 12.8 Å². The summed E-state index contributed by atoms with van der Waals surface area (Å²) >= 11 is 0. The van der Waals surface area contributed by atoms with Crippen molar-refractivity contribution in [2.75, 3.05) is 26.4 Å². The van der Waals surface area contributed by atoms with Crippen LogP contribution in [0.15, 0.2) is 25.3 Å². The number of ether oxygens (including phenoxy) is 4. The van der Waals surface area contributed by atoms with Gasteiger partial charge in [-0.25, -0.2) is 9.59 Å². The second kappa shape index (κ2) is 12.5. The van der Waals surface area contributed by atoms with Gasteiger partial charge in [0.15, 0.2) is 0 Å². The Labute approximate surface area is 113 Å². The number of rotatable bonds is 10. The molecule has 0 aliphatic heterocycles. The fourth-order valence-corrected chi connectivity index (χ4v) is 1.03. The zero-order valence-electron chi connectivity index (χ0n) is 11.0. The highest BCUT2D eigenvalue weighted by Crippen LogP contribution is 1.99. The number of hydrogen-bond acceptors (Lipinski definition) is 6. The molecule has 6 heteroatoms. The van der Waals surface area contributed by atoms with Gasteiger partial charge in [0, 0.05) is 0 Å². The van der Waals surface area contributed by atoms with Gasteiger partial charge in [-0.3, -0.25) is 0 Å². The van der Waals surface area contributed by atoms with Gasteiger partial charge >= 0.3 is 12.3 Å². The molecule has 0 aromatic heterocycles. The van der Waals surface area contributed by atoms with Crippen LogP contribution < -0.4 is 0 Å². The second-order valence-corrected chi connectivity index (χ2v) is 3.46. The van der Waals surface area contributed by atoms with Crippen LogP contribution in [0.25, 0.3) is 0 Å². The van der Waals surface area contributed by atoms with E-state index in [1.54, 1.807) is 0 Å². The lowest BCUT2D eigenvalue weighted by molar-refractivity contribution is 0.0577. The molecule has 0 unspecified atom stereocenters. The zero-order valence-corrected chi connectivity index (χ0v) is 11.0. The number of carbonyl (C=O) groups excluding carboxylic acids is 2. The molecule has 0 fully saturated rings. The minimum absolute atomic E-state index is 0.138. The van der Waals surface area contributed by atoms with Crippen molar-refractivity contribution in [3.8, 4) is 0 Å². The lowest BCUT2D eigenvalue weighted by Gasteiger charge is -2.05. The lowest BCUT2D eigenvalue weighted by Crippen LogP contribution is -2.10. The average Bonchev–Trinajstić information content (AvgIpc) is 2.41. The van der Waals surface area contributed by atoms with E-state index in [-0.39, 0.29) is 26.4 Å². The maximum absolute atomic E-state index is 10.9. The molecule has 0 bridgehead atoms. The quantitative estimate of drug-likeness (QED) is 0.346. The zero-order chi connectivity index (χ0) is 14.3. The van der Waals surface area contributed by atoms with Crippen LogP contribution in [0.4, 0.5) is 9.59 Å². The van der Waals surface area contributed by atoms with Crippen molar-refractivity contribution in [2.24, 2.45) is 0 Å². The van der Waals surface area contributed by atoms with Crippen LogP contribution >= 0.6 is 0 Å². The maximum atomic E-state index is 10.9. The molecular weight excluding hydrogens is 252 g/mol. The van der Waals surface area contributed by atoms with Crippen LogP contribution in [-0.2, 0) is 18.9 Å².